The van der Waals surface area contributed by atoms with Gasteiger partial charge in [0, 0.05) is 0 Å². The van der Waals surface area contributed by atoms with Crippen LogP contribution >= 0.6 is 11.8 Å². The minimum absolute atomic E-state index is 0.493. The summed E-state index contributed by atoms with van der Waals surface area (Å²) in [5.74, 6) is -0.928. The first-order chi connectivity index (χ1) is 10.5. The molecule has 6 heteroatoms. The zero-order chi connectivity index (χ0) is 17.4. The smallest absolute Gasteiger partial charge is 0.411 e. The van der Waals surface area contributed by atoms with Crippen LogP contribution < -0.4 is 0 Å². The van der Waals surface area contributed by atoms with Gasteiger partial charge >= 0.3 is 12.1 Å². The number of carbonyl (C=O) groups excluding carboxylic acids is 1. The summed E-state index contributed by atoms with van der Waals surface area (Å²) in [7, 11) is 0. The van der Waals surface area contributed by atoms with Crippen LogP contribution in [0.5, 0.6) is 0 Å². The van der Waals surface area contributed by atoms with E-state index in [0.29, 0.717) is 0 Å². The lowest BCUT2D eigenvalue weighted by atomic mass is 10.0. The third kappa shape index (κ3) is 3.80. The van der Waals surface area contributed by atoms with Gasteiger partial charge < -0.3 is 9.84 Å². The molecule has 0 saturated carbocycles. The number of ether oxygens (including phenoxy) is 1. The Balaban J connectivity index is 2.46. The lowest BCUT2D eigenvalue weighted by Crippen LogP contribution is -2.46. The molecule has 0 spiro atoms. The number of hydrogen-bond donors (Lipinski definition) is 1. The second-order valence-electron chi connectivity index (χ2n) is 7.03. The summed E-state index contributed by atoms with van der Waals surface area (Å²) < 4.78 is 5.52. The van der Waals surface area contributed by atoms with Crippen molar-refractivity contribution in [3.8, 4) is 0 Å². The first kappa shape index (κ1) is 17.7. The number of rotatable bonds is 2. The Morgan fingerprint density at radius 1 is 1.22 bits per heavy atom. The van der Waals surface area contributed by atoms with Gasteiger partial charge in [0.25, 0.3) is 0 Å². The van der Waals surface area contributed by atoms with Crippen molar-refractivity contribution >= 4 is 23.8 Å². The lowest BCUT2D eigenvalue weighted by Gasteiger charge is -2.36. The summed E-state index contributed by atoms with van der Waals surface area (Å²) in [6.45, 7) is 9.09. The molecular formula is C17H23NO4S. The third-order valence-corrected chi connectivity index (χ3v) is 5.02. The van der Waals surface area contributed by atoms with Crippen LogP contribution in [0, 0.1) is 0 Å². The number of carboxylic acid groups (broad SMARTS) is 1. The molecule has 1 N–H and O–H groups in total. The van der Waals surface area contributed by atoms with E-state index >= 15 is 0 Å². The minimum atomic E-state index is -0.928. The molecule has 5 nitrogen and oxygen atoms in total. The Kier molecular flexibility index (Phi) is 4.66. The van der Waals surface area contributed by atoms with E-state index in [0.717, 1.165) is 5.56 Å². The topological polar surface area (TPSA) is 66.8 Å². The molecule has 2 rings (SSSR count). The molecule has 0 aromatic heterocycles. The summed E-state index contributed by atoms with van der Waals surface area (Å²) in [5.41, 5.74) is 0.157. The Morgan fingerprint density at radius 3 is 2.26 bits per heavy atom. The quantitative estimate of drug-likeness (QED) is 0.886. The third-order valence-electron chi connectivity index (χ3n) is 3.54. The molecule has 1 amide bonds. The molecule has 0 bridgehead atoms. The van der Waals surface area contributed by atoms with Gasteiger partial charge in [-0.3, -0.25) is 9.69 Å². The van der Waals surface area contributed by atoms with Crippen molar-refractivity contribution in [1.82, 2.24) is 4.90 Å². The molecule has 1 aromatic rings. The zero-order valence-corrected chi connectivity index (χ0v) is 14.9. The minimum Gasteiger partial charge on any atom is -0.480 e. The maximum atomic E-state index is 12.7. The molecule has 126 valence electrons. The summed E-state index contributed by atoms with van der Waals surface area (Å²) in [4.78, 5) is 25.3. The summed E-state index contributed by atoms with van der Waals surface area (Å²) >= 11 is 1.27. The van der Waals surface area contributed by atoms with Crippen LogP contribution in [-0.4, -0.2) is 37.8 Å². The van der Waals surface area contributed by atoms with Crippen molar-refractivity contribution in [2.45, 2.75) is 56.4 Å². The van der Waals surface area contributed by atoms with Crippen molar-refractivity contribution in [2.24, 2.45) is 0 Å². The molecule has 2 atom stereocenters. The van der Waals surface area contributed by atoms with Crippen molar-refractivity contribution in [3.05, 3.63) is 35.9 Å². The van der Waals surface area contributed by atoms with E-state index in [1.54, 1.807) is 25.7 Å². The van der Waals surface area contributed by atoms with E-state index in [9.17, 15) is 14.7 Å². The van der Waals surface area contributed by atoms with Gasteiger partial charge in [-0.1, -0.05) is 30.3 Å². The second-order valence-corrected chi connectivity index (χ2v) is 8.77. The number of amides is 1. The number of aliphatic carboxylic acids is 1. The molecular weight excluding hydrogens is 314 g/mol. The number of carboxylic acids is 1. The first-order valence-corrected chi connectivity index (χ1v) is 8.39. The second kappa shape index (κ2) is 6.07. The van der Waals surface area contributed by atoms with E-state index in [2.05, 4.69) is 0 Å². The molecule has 0 radical (unpaired) electrons. The van der Waals surface area contributed by atoms with Gasteiger partial charge in [0.05, 0.1) is 10.9 Å². The Hall–Kier alpha value is -1.69. The molecule has 0 unspecified atom stereocenters. The lowest BCUT2D eigenvalue weighted by molar-refractivity contribution is -0.137. The highest BCUT2D eigenvalue weighted by molar-refractivity contribution is 8.02. The van der Waals surface area contributed by atoms with Gasteiger partial charge in [-0.05, 0) is 40.2 Å². The van der Waals surface area contributed by atoms with Crippen LogP contribution in [0.1, 0.15) is 46.2 Å². The highest BCUT2D eigenvalue weighted by Gasteiger charge is 2.54. The maximum Gasteiger partial charge on any atom is 0.411 e. The maximum absolute atomic E-state index is 12.7. The number of benzene rings is 1. The van der Waals surface area contributed by atoms with Crippen LogP contribution in [-0.2, 0) is 9.53 Å². The fourth-order valence-corrected chi connectivity index (χ4v) is 4.14. The van der Waals surface area contributed by atoms with Gasteiger partial charge in [0.1, 0.15) is 10.9 Å². The molecule has 23 heavy (non-hydrogen) atoms. The van der Waals surface area contributed by atoms with Gasteiger partial charge in [-0.15, -0.1) is 11.8 Å². The van der Waals surface area contributed by atoms with E-state index in [1.165, 1.54) is 11.8 Å². The van der Waals surface area contributed by atoms with Crippen LogP contribution in [0.2, 0.25) is 0 Å². The predicted molar refractivity (Wildman–Crippen MR) is 90.3 cm³/mol. The molecule has 1 aliphatic rings. The average Bonchev–Trinajstić information content (AvgIpc) is 2.69. The molecule has 1 aliphatic heterocycles. The highest BCUT2D eigenvalue weighted by Crippen LogP contribution is 2.51. The summed E-state index contributed by atoms with van der Waals surface area (Å²) in [6.07, 6.45) is -0.493. The summed E-state index contributed by atoms with van der Waals surface area (Å²) in [6, 6.07) is 8.68. The Bertz CT molecular complexity index is 594. The molecule has 1 saturated heterocycles. The van der Waals surface area contributed by atoms with Crippen molar-refractivity contribution in [3.63, 3.8) is 0 Å². The number of carbonyl (C=O) groups is 2. The summed E-state index contributed by atoms with van der Waals surface area (Å²) in [5, 5.41) is 8.87. The monoisotopic (exact) mass is 337 g/mol. The van der Waals surface area contributed by atoms with Crippen LogP contribution in [0.15, 0.2) is 30.3 Å². The number of hydrogen-bond acceptors (Lipinski definition) is 4. The Labute approximate surface area is 141 Å². The molecule has 1 fully saturated rings. The normalized spacial score (nSPS) is 23.6. The number of thioether (sulfide) groups is 1. The standard InChI is InChI=1S/C17H23NO4S/c1-16(2,3)22-15(21)18-12(11-9-7-6-8-10-11)13(14(19)20)23-17(18,4)5/h6-10,12-13H,1-5H3,(H,19,20)/t12-,13+/m0/s1. The van der Waals surface area contributed by atoms with Crippen LogP contribution in [0.3, 0.4) is 0 Å². The number of nitrogens with zero attached hydrogens (tertiary/aromatic N) is 1. The van der Waals surface area contributed by atoms with Crippen LogP contribution in [0.25, 0.3) is 0 Å². The van der Waals surface area contributed by atoms with Crippen LogP contribution in [0.4, 0.5) is 4.79 Å². The SMILES string of the molecule is CC(C)(C)OC(=O)N1[C@@H](c2ccccc2)[C@H](C(=O)O)SC1(C)C. The fourth-order valence-electron chi connectivity index (χ4n) is 2.71. The molecule has 0 aliphatic carbocycles. The van der Waals surface area contributed by atoms with Gasteiger partial charge in [-0.25, -0.2) is 4.79 Å². The molecule has 1 heterocycles. The van der Waals surface area contributed by atoms with E-state index in [-0.39, 0.29) is 0 Å². The zero-order valence-electron chi connectivity index (χ0n) is 14.1. The first-order valence-electron chi connectivity index (χ1n) is 7.51. The fraction of sp³-hybridized carbons (Fsp3) is 0.529. The molecule has 1 aromatic carbocycles. The van der Waals surface area contributed by atoms with Crippen molar-refractivity contribution < 1.29 is 19.4 Å². The highest BCUT2D eigenvalue weighted by atomic mass is 32.2. The van der Waals surface area contributed by atoms with Gasteiger partial charge in [-0.2, -0.15) is 0 Å². The van der Waals surface area contributed by atoms with Gasteiger partial charge in [0.2, 0.25) is 0 Å². The van der Waals surface area contributed by atoms with E-state index < -0.39 is 33.8 Å². The van der Waals surface area contributed by atoms with Gasteiger partial charge in [0.15, 0.2) is 0 Å². The largest absolute Gasteiger partial charge is 0.480 e. The van der Waals surface area contributed by atoms with Crippen molar-refractivity contribution in [2.75, 3.05) is 0 Å². The van der Waals surface area contributed by atoms with E-state index in [4.69, 9.17) is 4.74 Å². The predicted octanol–water partition coefficient (Wildman–Crippen LogP) is 3.90. The van der Waals surface area contributed by atoms with E-state index in [1.807, 2.05) is 44.2 Å². The van der Waals surface area contributed by atoms with Crippen molar-refractivity contribution in [1.29, 1.82) is 0 Å². The Morgan fingerprint density at radius 2 is 1.78 bits per heavy atom. The average molecular weight is 337 g/mol.